The van der Waals surface area contributed by atoms with Gasteiger partial charge in [-0.25, -0.2) is 0 Å². The van der Waals surface area contributed by atoms with Gasteiger partial charge in [0.15, 0.2) is 11.5 Å². The van der Waals surface area contributed by atoms with Crippen molar-refractivity contribution in [3.8, 4) is 11.5 Å². The fourth-order valence-electron chi connectivity index (χ4n) is 1.56. The summed E-state index contributed by atoms with van der Waals surface area (Å²) in [6.45, 7) is 4.38. The van der Waals surface area contributed by atoms with Crippen molar-refractivity contribution in [1.82, 2.24) is 5.32 Å². The molecule has 102 valence electrons. The fourth-order valence-corrected chi connectivity index (χ4v) is 1.56. The largest absolute Gasteiger partial charge is 0.454 e. The first-order valence-electron chi connectivity index (χ1n) is 6.08. The van der Waals surface area contributed by atoms with E-state index in [-0.39, 0.29) is 12.7 Å². The van der Waals surface area contributed by atoms with Gasteiger partial charge in [-0.05, 0) is 37.6 Å². The Hall–Kier alpha value is -2.01. The molecule has 1 amide bonds. The molecule has 0 saturated carbocycles. The standard InChI is InChI=1S/C14H18N2O3/c1-14(2,15)8-16-13(17)6-4-10-3-5-11-12(7-10)19-9-18-11/h3-7H,8-9,15H2,1-2H3,(H,16,17)/b6-4+. The maximum absolute atomic E-state index is 11.6. The van der Waals surface area contributed by atoms with Gasteiger partial charge in [0.2, 0.25) is 12.7 Å². The van der Waals surface area contributed by atoms with Crippen LogP contribution in [-0.2, 0) is 4.79 Å². The summed E-state index contributed by atoms with van der Waals surface area (Å²) < 4.78 is 10.5. The van der Waals surface area contributed by atoms with Crippen LogP contribution in [0.5, 0.6) is 11.5 Å². The first-order valence-corrected chi connectivity index (χ1v) is 6.08. The Kier molecular flexibility index (Phi) is 3.76. The zero-order chi connectivity index (χ0) is 13.9. The Bertz CT molecular complexity index is 504. The number of benzene rings is 1. The molecule has 0 radical (unpaired) electrons. The van der Waals surface area contributed by atoms with Gasteiger partial charge in [0.1, 0.15) is 0 Å². The third-order valence-electron chi connectivity index (χ3n) is 2.54. The van der Waals surface area contributed by atoms with Gasteiger partial charge in [0.05, 0.1) is 0 Å². The Morgan fingerprint density at radius 3 is 2.89 bits per heavy atom. The third kappa shape index (κ3) is 3.99. The molecule has 2 rings (SSSR count). The molecule has 5 heteroatoms. The van der Waals surface area contributed by atoms with Gasteiger partial charge in [-0.2, -0.15) is 0 Å². The summed E-state index contributed by atoms with van der Waals surface area (Å²) in [6.07, 6.45) is 3.20. The second kappa shape index (κ2) is 5.32. The second-order valence-corrected chi connectivity index (χ2v) is 5.15. The Labute approximate surface area is 112 Å². The highest BCUT2D eigenvalue weighted by Crippen LogP contribution is 2.32. The lowest BCUT2D eigenvalue weighted by molar-refractivity contribution is -0.116. The normalized spacial score (nSPS) is 13.8. The maximum atomic E-state index is 11.6. The number of nitrogens with one attached hydrogen (secondary N) is 1. The lowest BCUT2D eigenvalue weighted by Gasteiger charge is -2.17. The minimum absolute atomic E-state index is 0.170. The van der Waals surface area contributed by atoms with Crippen molar-refractivity contribution < 1.29 is 14.3 Å². The molecule has 3 N–H and O–H groups in total. The molecule has 0 fully saturated rings. The van der Waals surface area contributed by atoms with Crippen molar-refractivity contribution in [2.24, 2.45) is 5.73 Å². The average molecular weight is 262 g/mol. The van der Waals surface area contributed by atoms with E-state index >= 15 is 0 Å². The second-order valence-electron chi connectivity index (χ2n) is 5.15. The molecule has 5 nitrogen and oxygen atoms in total. The van der Waals surface area contributed by atoms with E-state index < -0.39 is 5.54 Å². The van der Waals surface area contributed by atoms with Gasteiger partial charge in [-0.15, -0.1) is 0 Å². The summed E-state index contributed by atoms with van der Waals surface area (Å²) in [4.78, 5) is 11.6. The van der Waals surface area contributed by atoms with E-state index in [2.05, 4.69) is 5.32 Å². The zero-order valence-corrected chi connectivity index (χ0v) is 11.1. The predicted molar refractivity (Wildman–Crippen MR) is 72.9 cm³/mol. The van der Waals surface area contributed by atoms with Gasteiger partial charge in [0, 0.05) is 18.2 Å². The molecule has 0 unspecified atom stereocenters. The van der Waals surface area contributed by atoms with Crippen LogP contribution in [0.25, 0.3) is 6.08 Å². The van der Waals surface area contributed by atoms with Gasteiger partial charge in [0.25, 0.3) is 0 Å². The number of carbonyl (C=O) groups excluding carboxylic acids is 1. The van der Waals surface area contributed by atoms with Gasteiger partial charge >= 0.3 is 0 Å². The number of hydrogen-bond acceptors (Lipinski definition) is 4. The van der Waals surface area contributed by atoms with Crippen LogP contribution in [0.2, 0.25) is 0 Å². The smallest absolute Gasteiger partial charge is 0.244 e. The van der Waals surface area contributed by atoms with Crippen molar-refractivity contribution in [3.05, 3.63) is 29.8 Å². The minimum Gasteiger partial charge on any atom is -0.454 e. The van der Waals surface area contributed by atoms with Crippen LogP contribution in [0.1, 0.15) is 19.4 Å². The first kappa shape index (κ1) is 13.4. The number of ether oxygens (including phenoxy) is 2. The number of rotatable bonds is 4. The molecule has 0 atom stereocenters. The Balaban J connectivity index is 1.93. The summed E-state index contributed by atoms with van der Waals surface area (Å²) in [5, 5.41) is 2.74. The zero-order valence-electron chi connectivity index (χ0n) is 11.1. The lowest BCUT2D eigenvalue weighted by atomic mass is 10.1. The average Bonchev–Trinajstić information content (AvgIpc) is 2.80. The molecule has 0 aliphatic carbocycles. The summed E-state index contributed by atoms with van der Waals surface area (Å²) in [5.74, 6) is 1.26. The third-order valence-corrected chi connectivity index (χ3v) is 2.54. The van der Waals surface area contributed by atoms with Crippen LogP contribution in [0.3, 0.4) is 0 Å². The number of hydrogen-bond donors (Lipinski definition) is 2. The molecule has 0 bridgehead atoms. The number of amides is 1. The molecular weight excluding hydrogens is 244 g/mol. The van der Waals surface area contributed by atoms with Crippen molar-refractivity contribution in [3.63, 3.8) is 0 Å². The monoisotopic (exact) mass is 262 g/mol. The van der Waals surface area contributed by atoms with E-state index in [1.165, 1.54) is 6.08 Å². The lowest BCUT2D eigenvalue weighted by Crippen LogP contribution is -2.44. The quantitative estimate of drug-likeness (QED) is 0.802. The summed E-state index contributed by atoms with van der Waals surface area (Å²) >= 11 is 0. The van der Waals surface area contributed by atoms with Gasteiger partial charge in [-0.3, -0.25) is 4.79 Å². The SMILES string of the molecule is CC(C)(N)CNC(=O)/C=C/c1ccc2c(c1)OCO2. The van der Waals surface area contributed by atoms with Crippen LogP contribution in [0.15, 0.2) is 24.3 Å². The topological polar surface area (TPSA) is 73.6 Å². The fraction of sp³-hybridized carbons (Fsp3) is 0.357. The van der Waals surface area contributed by atoms with Crippen LogP contribution in [0, 0.1) is 0 Å². The van der Waals surface area contributed by atoms with Crippen LogP contribution < -0.4 is 20.5 Å². The maximum Gasteiger partial charge on any atom is 0.244 e. The number of carbonyl (C=O) groups is 1. The van der Waals surface area contributed by atoms with Crippen molar-refractivity contribution in [2.45, 2.75) is 19.4 Å². The number of nitrogens with two attached hydrogens (primary N) is 1. The van der Waals surface area contributed by atoms with Crippen molar-refractivity contribution >= 4 is 12.0 Å². The van der Waals surface area contributed by atoms with Gasteiger partial charge in [-0.1, -0.05) is 6.07 Å². The molecule has 19 heavy (non-hydrogen) atoms. The van der Waals surface area contributed by atoms with E-state index in [1.54, 1.807) is 6.08 Å². The van der Waals surface area contributed by atoms with Crippen molar-refractivity contribution in [2.75, 3.05) is 13.3 Å². The highest BCUT2D eigenvalue weighted by atomic mass is 16.7. The molecule has 0 saturated heterocycles. The summed E-state index contributed by atoms with van der Waals surface area (Å²) in [6, 6.07) is 5.52. The Morgan fingerprint density at radius 1 is 1.42 bits per heavy atom. The van der Waals surface area contributed by atoms with E-state index in [0.29, 0.717) is 12.3 Å². The molecule has 1 aromatic rings. The Morgan fingerprint density at radius 2 is 2.16 bits per heavy atom. The molecule has 1 aromatic carbocycles. The van der Waals surface area contributed by atoms with Crippen LogP contribution >= 0.6 is 0 Å². The van der Waals surface area contributed by atoms with Crippen LogP contribution in [0.4, 0.5) is 0 Å². The first-order chi connectivity index (χ1) is 8.94. The summed E-state index contributed by atoms with van der Waals surface area (Å²) in [7, 11) is 0. The van der Waals surface area contributed by atoms with Crippen molar-refractivity contribution in [1.29, 1.82) is 0 Å². The molecule has 1 heterocycles. The van der Waals surface area contributed by atoms with E-state index in [9.17, 15) is 4.79 Å². The highest BCUT2D eigenvalue weighted by molar-refractivity contribution is 5.91. The van der Waals surface area contributed by atoms with Crippen LogP contribution in [-0.4, -0.2) is 24.8 Å². The molecule has 1 aliphatic rings. The van der Waals surface area contributed by atoms with Gasteiger partial charge < -0.3 is 20.5 Å². The molecule has 0 aromatic heterocycles. The highest BCUT2D eigenvalue weighted by Gasteiger charge is 2.13. The minimum atomic E-state index is -0.414. The number of fused-ring (bicyclic) bond motifs is 1. The molecule has 0 spiro atoms. The molecular formula is C14H18N2O3. The van der Waals surface area contributed by atoms with E-state index in [1.807, 2.05) is 32.0 Å². The predicted octanol–water partition coefficient (Wildman–Crippen LogP) is 1.28. The van der Waals surface area contributed by atoms with E-state index in [0.717, 1.165) is 11.3 Å². The molecule has 1 aliphatic heterocycles. The summed E-state index contributed by atoms with van der Waals surface area (Å²) in [5.41, 5.74) is 6.25. The van der Waals surface area contributed by atoms with E-state index in [4.69, 9.17) is 15.2 Å².